The Morgan fingerprint density at radius 1 is 0.800 bits per heavy atom. The molecule has 1 unspecified atom stereocenters. The van der Waals surface area contributed by atoms with Crippen molar-refractivity contribution in [3.63, 3.8) is 0 Å². The van der Waals surface area contributed by atoms with Gasteiger partial charge in [0, 0.05) is 5.56 Å². The van der Waals surface area contributed by atoms with Crippen molar-refractivity contribution in [3.05, 3.63) is 103 Å². The van der Waals surface area contributed by atoms with Gasteiger partial charge in [0.25, 0.3) is 0 Å². The zero-order chi connectivity index (χ0) is 28.5. The highest BCUT2D eigenvalue weighted by molar-refractivity contribution is 7.91. The lowest BCUT2D eigenvalue weighted by atomic mass is 9.99. The molecule has 208 valence electrons. The molecule has 0 saturated heterocycles. The van der Waals surface area contributed by atoms with E-state index in [1.165, 1.54) is 20.3 Å². The largest absolute Gasteiger partial charge is 0.493 e. The maximum absolute atomic E-state index is 13.9. The third-order valence-corrected chi connectivity index (χ3v) is 8.74. The highest BCUT2D eigenvalue weighted by Gasteiger charge is 2.31. The van der Waals surface area contributed by atoms with E-state index >= 15 is 0 Å². The van der Waals surface area contributed by atoms with E-state index < -0.39 is 27.4 Å². The fourth-order valence-electron chi connectivity index (χ4n) is 4.83. The van der Waals surface area contributed by atoms with E-state index in [2.05, 4.69) is 0 Å². The molecule has 0 fully saturated rings. The maximum Gasteiger partial charge on any atom is 0.247 e. The van der Waals surface area contributed by atoms with E-state index in [0.717, 1.165) is 16.7 Å². The average Bonchev–Trinajstić information content (AvgIpc) is 3.00. The number of hydrogen-bond acceptors (Lipinski definition) is 6. The number of hydroxylamine groups is 1. The van der Waals surface area contributed by atoms with Crippen molar-refractivity contribution in [1.82, 2.24) is 5.48 Å². The number of benzene rings is 4. The molecule has 8 heteroatoms. The minimum absolute atomic E-state index is 0.0245. The van der Waals surface area contributed by atoms with Crippen LogP contribution in [0.2, 0.25) is 0 Å². The topological polar surface area (TPSA) is 102 Å². The van der Waals surface area contributed by atoms with Gasteiger partial charge in [0.05, 0.1) is 30.8 Å². The molecular formula is C32H33NO6S. The quantitative estimate of drug-likeness (QED) is 0.164. The molecule has 0 aliphatic rings. The van der Waals surface area contributed by atoms with Gasteiger partial charge in [0.2, 0.25) is 5.91 Å². The Bertz CT molecular complexity index is 1520. The van der Waals surface area contributed by atoms with Gasteiger partial charge in [-0.15, -0.1) is 0 Å². The van der Waals surface area contributed by atoms with Crippen LogP contribution in [0.5, 0.6) is 11.5 Å². The van der Waals surface area contributed by atoms with Gasteiger partial charge in [0.15, 0.2) is 21.3 Å². The molecular weight excluding hydrogens is 526 g/mol. The van der Waals surface area contributed by atoms with Crippen molar-refractivity contribution in [2.45, 2.75) is 24.2 Å². The van der Waals surface area contributed by atoms with Gasteiger partial charge in [-0.1, -0.05) is 84.9 Å². The van der Waals surface area contributed by atoms with Crippen LogP contribution in [0.3, 0.4) is 0 Å². The maximum atomic E-state index is 13.9. The van der Waals surface area contributed by atoms with Crippen LogP contribution in [0, 0.1) is 5.92 Å². The molecule has 40 heavy (non-hydrogen) atoms. The van der Waals surface area contributed by atoms with Gasteiger partial charge < -0.3 is 9.47 Å². The number of sulfone groups is 1. The SMILES string of the molecule is COc1ccc(S(=O)(=O)CC(CCCc2ccccc2)C(=O)NO)c(-c2ccc(-c3ccccc3)cc2)c1OC. The van der Waals surface area contributed by atoms with Crippen molar-refractivity contribution in [2.75, 3.05) is 20.0 Å². The summed E-state index contributed by atoms with van der Waals surface area (Å²) in [5.41, 5.74) is 5.74. The average molecular weight is 560 g/mol. The van der Waals surface area contributed by atoms with E-state index in [4.69, 9.17) is 9.47 Å². The summed E-state index contributed by atoms with van der Waals surface area (Å²) in [6, 6.07) is 30.2. The molecule has 1 atom stereocenters. The zero-order valence-corrected chi connectivity index (χ0v) is 23.4. The van der Waals surface area contributed by atoms with E-state index in [9.17, 15) is 18.4 Å². The third kappa shape index (κ3) is 6.70. The van der Waals surface area contributed by atoms with Crippen LogP contribution in [-0.2, 0) is 21.1 Å². The first-order chi connectivity index (χ1) is 19.4. The van der Waals surface area contributed by atoms with Gasteiger partial charge in [-0.25, -0.2) is 13.9 Å². The molecule has 4 aromatic rings. The monoisotopic (exact) mass is 559 g/mol. The lowest BCUT2D eigenvalue weighted by Gasteiger charge is -2.20. The number of aryl methyl sites for hydroxylation is 1. The Kier molecular flexibility index (Phi) is 9.58. The van der Waals surface area contributed by atoms with E-state index in [1.807, 2.05) is 84.9 Å². The summed E-state index contributed by atoms with van der Waals surface area (Å²) in [6.45, 7) is 0. The summed E-state index contributed by atoms with van der Waals surface area (Å²) in [5, 5.41) is 9.36. The van der Waals surface area contributed by atoms with Crippen LogP contribution < -0.4 is 15.0 Å². The number of methoxy groups -OCH3 is 2. The second-order valence-electron chi connectivity index (χ2n) is 9.45. The summed E-state index contributed by atoms with van der Waals surface area (Å²) < 4.78 is 38.9. The molecule has 1 amide bonds. The van der Waals surface area contributed by atoms with E-state index in [0.29, 0.717) is 29.7 Å². The minimum atomic E-state index is -4.02. The predicted molar refractivity (Wildman–Crippen MR) is 155 cm³/mol. The Morgan fingerprint density at radius 3 is 2.00 bits per heavy atom. The number of nitrogens with one attached hydrogen (secondary N) is 1. The Morgan fingerprint density at radius 2 is 1.40 bits per heavy atom. The molecule has 0 spiro atoms. The minimum Gasteiger partial charge on any atom is -0.493 e. The number of rotatable bonds is 12. The highest BCUT2D eigenvalue weighted by Crippen LogP contribution is 2.43. The summed E-state index contributed by atoms with van der Waals surface area (Å²) in [4.78, 5) is 12.6. The van der Waals surface area contributed by atoms with Gasteiger partial charge in [-0.3, -0.25) is 10.0 Å². The normalized spacial score (nSPS) is 12.0. The smallest absolute Gasteiger partial charge is 0.247 e. The van der Waals surface area contributed by atoms with Crippen LogP contribution in [-0.4, -0.2) is 39.5 Å². The zero-order valence-electron chi connectivity index (χ0n) is 22.5. The van der Waals surface area contributed by atoms with E-state index in [-0.39, 0.29) is 17.1 Å². The first kappa shape index (κ1) is 28.9. The van der Waals surface area contributed by atoms with E-state index in [1.54, 1.807) is 11.5 Å². The van der Waals surface area contributed by atoms with Crippen molar-refractivity contribution < 1.29 is 27.9 Å². The number of amides is 1. The van der Waals surface area contributed by atoms with Crippen LogP contribution in [0.25, 0.3) is 22.3 Å². The number of carbonyl (C=O) groups is 1. The van der Waals surface area contributed by atoms with Gasteiger partial charge in [0.1, 0.15) is 0 Å². The summed E-state index contributed by atoms with van der Waals surface area (Å²) in [6.07, 6.45) is 1.55. The predicted octanol–water partition coefficient (Wildman–Crippen LogP) is 5.96. The lowest BCUT2D eigenvalue weighted by molar-refractivity contribution is -0.132. The molecule has 7 nitrogen and oxygen atoms in total. The van der Waals surface area contributed by atoms with Crippen LogP contribution in [0.4, 0.5) is 0 Å². The molecule has 0 aliphatic heterocycles. The fraction of sp³-hybridized carbons (Fsp3) is 0.219. The molecule has 0 bridgehead atoms. The standard InChI is InChI=1S/C32H33NO6S/c1-38-28-20-21-29(30(31(28)39-2)26-18-16-25(17-19-26)24-13-7-4-8-14-24)40(36,37)22-27(32(34)33-35)15-9-12-23-10-5-3-6-11-23/h3-8,10-11,13-14,16-21,27,35H,9,12,15,22H2,1-2H3,(H,33,34). The molecule has 0 aliphatic carbocycles. The fourth-order valence-corrected chi connectivity index (χ4v) is 6.66. The summed E-state index contributed by atoms with van der Waals surface area (Å²) in [7, 11) is -1.07. The molecule has 0 aromatic heterocycles. The summed E-state index contributed by atoms with van der Waals surface area (Å²) in [5.74, 6) is -1.48. The number of carbonyl (C=O) groups excluding carboxylic acids is 1. The van der Waals surface area contributed by atoms with Crippen LogP contribution >= 0.6 is 0 Å². The van der Waals surface area contributed by atoms with Crippen molar-refractivity contribution in [1.29, 1.82) is 0 Å². The molecule has 4 rings (SSSR count). The second-order valence-corrected chi connectivity index (χ2v) is 11.5. The Hall–Kier alpha value is -4.14. The molecule has 4 aromatic carbocycles. The van der Waals surface area contributed by atoms with Crippen molar-refractivity contribution >= 4 is 15.7 Å². The summed E-state index contributed by atoms with van der Waals surface area (Å²) >= 11 is 0. The van der Waals surface area contributed by atoms with Crippen LogP contribution in [0.1, 0.15) is 18.4 Å². The van der Waals surface area contributed by atoms with Gasteiger partial charge in [-0.05, 0) is 53.6 Å². The van der Waals surface area contributed by atoms with Gasteiger partial charge >= 0.3 is 0 Å². The number of ether oxygens (including phenoxy) is 2. The number of hydrogen-bond donors (Lipinski definition) is 2. The van der Waals surface area contributed by atoms with Crippen molar-refractivity contribution in [3.8, 4) is 33.8 Å². The first-order valence-electron chi connectivity index (χ1n) is 13.0. The van der Waals surface area contributed by atoms with Crippen molar-refractivity contribution in [2.24, 2.45) is 5.92 Å². The second kappa shape index (κ2) is 13.3. The molecule has 0 heterocycles. The highest BCUT2D eigenvalue weighted by atomic mass is 32.2. The Balaban J connectivity index is 1.68. The molecule has 0 radical (unpaired) electrons. The first-order valence-corrected chi connectivity index (χ1v) is 14.6. The molecule has 2 N–H and O–H groups in total. The van der Waals surface area contributed by atoms with Crippen LogP contribution in [0.15, 0.2) is 102 Å². The molecule has 0 saturated carbocycles. The third-order valence-electron chi connectivity index (χ3n) is 6.89. The Labute approximate surface area is 235 Å². The lowest BCUT2D eigenvalue weighted by Crippen LogP contribution is -2.33. The van der Waals surface area contributed by atoms with Gasteiger partial charge in [-0.2, -0.15) is 0 Å².